The summed E-state index contributed by atoms with van der Waals surface area (Å²) in [4.78, 5) is 34.8. The highest BCUT2D eigenvalue weighted by Crippen LogP contribution is 2.41. The van der Waals surface area contributed by atoms with Gasteiger partial charge in [0.1, 0.15) is 5.75 Å². The van der Waals surface area contributed by atoms with Crippen molar-refractivity contribution >= 4 is 46.5 Å². The van der Waals surface area contributed by atoms with Crippen LogP contribution in [0.5, 0.6) is 11.5 Å². The maximum atomic E-state index is 12.7. The molecule has 0 saturated carbocycles. The van der Waals surface area contributed by atoms with Crippen molar-refractivity contribution < 1.29 is 24.2 Å². The summed E-state index contributed by atoms with van der Waals surface area (Å²) in [6.45, 7) is 3.60. The number of ether oxygens (including phenoxy) is 1. The molecule has 0 saturated heterocycles. The van der Waals surface area contributed by atoms with Gasteiger partial charge in [-0.15, -0.1) is 0 Å². The molecule has 158 valence electrons. The fourth-order valence-electron chi connectivity index (χ4n) is 3.01. The van der Waals surface area contributed by atoms with E-state index in [-0.39, 0.29) is 27.3 Å². The molecule has 0 radical (unpaired) electrons. The van der Waals surface area contributed by atoms with Gasteiger partial charge in [-0.1, -0.05) is 53.5 Å². The average molecular weight is 458 g/mol. The van der Waals surface area contributed by atoms with E-state index in [2.05, 4.69) is 5.32 Å². The fraction of sp³-hybridized carbons (Fsp3) is 0.0870. The summed E-state index contributed by atoms with van der Waals surface area (Å²) >= 11 is 12.5. The molecule has 0 spiro atoms. The van der Waals surface area contributed by atoms with Crippen LogP contribution < -0.4 is 10.1 Å². The largest absolute Gasteiger partial charge is 0.474 e. The molecule has 3 aromatic carbocycles. The van der Waals surface area contributed by atoms with Crippen molar-refractivity contribution in [3.63, 3.8) is 0 Å². The minimum Gasteiger partial charge on any atom is -0.474 e. The van der Waals surface area contributed by atoms with Gasteiger partial charge in [0.15, 0.2) is 11.5 Å². The summed E-state index contributed by atoms with van der Waals surface area (Å²) in [7, 11) is 0. The quantitative estimate of drug-likeness (QED) is 0.381. The monoisotopic (exact) mass is 457 g/mol. The number of carbonyl (C=O) groups excluding carboxylic acids is 2. The predicted molar refractivity (Wildman–Crippen MR) is 119 cm³/mol. The van der Waals surface area contributed by atoms with Crippen molar-refractivity contribution in [2.45, 2.75) is 13.8 Å². The lowest BCUT2D eigenvalue weighted by atomic mass is 9.98. The SMILES string of the molecule is Cc1cc(C(=O)c2ccccc2)cc(C)c1Oc1c(Cl)cc(NC(=O)C(=O)O)cc1Cl. The zero-order valence-electron chi connectivity index (χ0n) is 16.5. The molecule has 3 aromatic rings. The Morgan fingerprint density at radius 3 is 1.90 bits per heavy atom. The number of anilines is 1. The Morgan fingerprint density at radius 2 is 1.39 bits per heavy atom. The summed E-state index contributed by atoms with van der Waals surface area (Å²) in [6.07, 6.45) is 0. The molecule has 0 aromatic heterocycles. The van der Waals surface area contributed by atoms with Crippen LogP contribution in [-0.2, 0) is 9.59 Å². The van der Waals surface area contributed by atoms with Crippen molar-refractivity contribution in [3.8, 4) is 11.5 Å². The van der Waals surface area contributed by atoms with Crippen LogP contribution in [0.25, 0.3) is 0 Å². The predicted octanol–water partition coefficient (Wildman–Crippen LogP) is 5.66. The van der Waals surface area contributed by atoms with Gasteiger partial charge in [-0.3, -0.25) is 9.59 Å². The lowest BCUT2D eigenvalue weighted by molar-refractivity contribution is -0.147. The van der Waals surface area contributed by atoms with Crippen molar-refractivity contribution in [2.75, 3.05) is 5.32 Å². The molecule has 2 N–H and O–H groups in total. The first-order valence-electron chi connectivity index (χ1n) is 9.09. The van der Waals surface area contributed by atoms with Crippen LogP contribution in [0.2, 0.25) is 10.0 Å². The van der Waals surface area contributed by atoms with Gasteiger partial charge in [0.25, 0.3) is 0 Å². The standard InChI is InChI=1S/C23H17Cl2NO5/c1-12-8-15(19(27)14-6-4-3-5-7-14)9-13(2)20(12)31-21-17(24)10-16(11-18(21)25)26-22(28)23(29)30/h3-11H,1-2H3,(H,26,28)(H,29,30). The minimum atomic E-state index is -1.64. The number of benzene rings is 3. The Hall–Kier alpha value is -3.35. The second kappa shape index (κ2) is 9.20. The van der Waals surface area contributed by atoms with Gasteiger partial charge in [-0.25, -0.2) is 4.79 Å². The van der Waals surface area contributed by atoms with E-state index in [1.807, 2.05) is 6.07 Å². The van der Waals surface area contributed by atoms with E-state index in [4.69, 9.17) is 33.0 Å². The fourth-order valence-corrected chi connectivity index (χ4v) is 3.58. The highest BCUT2D eigenvalue weighted by molar-refractivity contribution is 6.39. The van der Waals surface area contributed by atoms with Gasteiger partial charge in [0.05, 0.1) is 10.0 Å². The van der Waals surface area contributed by atoms with E-state index in [1.165, 1.54) is 12.1 Å². The first-order chi connectivity index (χ1) is 14.7. The molecule has 0 aliphatic rings. The molecule has 0 heterocycles. The number of ketones is 1. The number of halogens is 2. The van der Waals surface area contributed by atoms with Crippen molar-refractivity contribution in [2.24, 2.45) is 0 Å². The number of amides is 1. The molecule has 0 atom stereocenters. The van der Waals surface area contributed by atoms with E-state index < -0.39 is 11.9 Å². The molecule has 3 rings (SSSR count). The Bertz CT molecular complexity index is 1150. The molecule has 0 bridgehead atoms. The topological polar surface area (TPSA) is 92.7 Å². The molecule has 31 heavy (non-hydrogen) atoms. The van der Waals surface area contributed by atoms with Gasteiger partial charge in [0.2, 0.25) is 0 Å². The normalized spacial score (nSPS) is 10.5. The van der Waals surface area contributed by atoms with Crippen LogP contribution in [0, 0.1) is 13.8 Å². The van der Waals surface area contributed by atoms with E-state index in [0.717, 1.165) is 0 Å². The number of hydrogen-bond donors (Lipinski definition) is 2. The molecule has 0 unspecified atom stereocenters. The van der Waals surface area contributed by atoms with Crippen molar-refractivity contribution in [3.05, 3.63) is 86.9 Å². The maximum Gasteiger partial charge on any atom is 0.394 e. The van der Waals surface area contributed by atoms with Gasteiger partial charge in [-0.2, -0.15) is 0 Å². The van der Waals surface area contributed by atoms with Crippen LogP contribution in [0.4, 0.5) is 5.69 Å². The minimum absolute atomic E-state index is 0.0800. The summed E-state index contributed by atoms with van der Waals surface area (Å²) in [6, 6.07) is 15.1. The van der Waals surface area contributed by atoms with Gasteiger partial charge >= 0.3 is 11.9 Å². The number of carbonyl (C=O) groups is 3. The second-order valence-corrected chi connectivity index (χ2v) is 7.58. The van der Waals surface area contributed by atoms with E-state index >= 15 is 0 Å². The third kappa shape index (κ3) is 5.05. The molecule has 0 fully saturated rings. The Morgan fingerprint density at radius 1 is 0.839 bits per heavy atom. The summed E-state index contributed by atoms with van der Waals surface area (Å²) in [5.74, 6) is -2.33. The number of aliphatic carboxylic acids is 1. The summed E-state index contributed by atoms with van der Waals surface area (Å²) in [5.41, 5.74) is 2.63. The van der Waals surface area contributed by atoms with E-state index in [1.54, 1.807) is 50.2 Å². The maximum absolute atomic E-state index is 12.7. The van der Waals surface area contributed by atoms with Crippen LogP contribution in [0.3, 0.4) is 0 Å². The molecule has 0 aliphatic heterocycles. The number of carboxylic acid groups (broad SMARTS) is 1. The number of carboxylic acids is 1. The molecule has 8 heteroatoms. The van der Waals surface area contributed by atoms with Gasteiger partial charge in [0, 0.05) is 16.8 Å². The number of aryl methyl sites for hydroxylation is 2. The zero-order chi connectivity index (χ0) is 22.7. The third-order valence-corrected chi connectivity index (χ3v) is 4.97. The van der Waals surface area contributed by atoms with Crippen LogP contribution in [0.1, 0.15) is 27.0 Å². The molecular formula is C23H17Cl2NO5. The number of nitrogens with one attached hydrogen (secondary N) is 1. The number of rotatable bonds is 5. The van der Waals surface area contributed by atoms with Gasteiger partial charge in [-0.05, 0) is 49.2 Å². The Balaban J connectivity index is 1.90. The first kappa shape index (κ1) is 22.3. The van der Waals surface area contributed by atoms with Crippen LogP contribution >= 0.6 is 23.2 Å². The third-order valence-electron chi connectivity index (χ3n) is 4.41. The highest BCUT2D eigenvalue weighted by atomic mass is 35.5. The van der Waals surface area contributed by atoms with Gasteiger partial charge < -0.3 is 15.2 Å². The molecule has 1 amide bonds. The molecule has 0 aliphatic carbocycles. The molecule has 6 nitrogen and oxygen atoms in total. The van der Waals surface area contributed by atoms with Crippen LogP contribution in [-0.4, -0.2) is 22.8 Å². The van der Waals surface area contributed by atoms with E-state index in [9.17, 15) is 14.4 Å². The van der Waals surface area contributed by atoms with E-state index in [0.29, 0.717) is 28.0 Å². The zero-order valence-corrected chi connectivity index (χ0v) is 18.0. The molecular weight excluding hydrogens is 441 g/mol. The number of hydrogen-bond acceptors (Lipinski definition) is 4. The Labute approximate surface area is 188 Å². The summed E-state index contributed by atoms with van der Waals surface area (Å²) < 4.78 is 5.95. The highest BCUT2D eigenvalue weighted by Gasteiger charge is 2.18. The summed E-state index contributed by atoms with van der Waals surface area (Å²) in [5, 5.41) is 11.0. The van der Waals surface area contributed by atoms with Crippen molar-refractivity contribution in [1.82, 2.24) is 0 Å². The average Bonchev–Trinajstić information content (AvgIpc) is 2.72. The lowest BCUT2D eigenvalue weighted by Gasteiger charge is -2.16. The Kier molecular flexibility index (Phi) is 6.63. The lowest BCUT2D eigenvalue weighted by Crippen LogP contribution is -2.21. The second-order valence-electron chi connectivity index (χ2n) is 6.76. The van der Waals surface area contributed by atoms with Crippen LogP contribution in [0.15, 0.2) is 54.6 Å². The van der Waals surface area contributed by atoms with Crippen molar-refractivity contribution in [1.29, 1.82) is 0 Å². The smallest absolute Gasteiger partial charge is 0.394 e. The first-order valence-corrected chi connectivity index (χ1v) is 9.85.